The molecule has 0 aliphatic rings. The molecule has 132 valence electrons. The van der Waals surface area contributed by atoms with E-state index in [4.69, 9.17) is 27.9 Å². The molecule has 2 rings (SSSR count). The van der Waals surface area contributed by atoms with Gasteiger partial charge in [-0.1, -0.05) is 41.4 Å². The molecule has 0 aliphatic carbocycles. The predicted molar refractivity (Wildman–Crippen MR) is 89.7 cm³/mol. The van der Waals surface area contributed by atoms with Gasteiger partial charge in [-0.25, -0.2) is 13.6 Å². The molecular formula is C17H13Cl2F2NO3. The summed E-state index contributed by atoms with van der Waals surface area (Å²) in [6, 6.07) is 7.83. The van der Waals surface area contributed by atoms with Crippen LogP contribution in [0.1, 0.15) is 28.9 Å². The number of hydrogen-bond acceptors (Lipinski definition) is 3. The number of ether oxygens (including phenoxy) is 1. The van der Waals surface area contributed by atoms with Gasteiger partial charge in [0.15, 0.2) is 18.2 Å². The van der Waals surface area contributed by atoms with E-state index < -0.39 is 36.2 Å². The topological polar surface area (TPSA) is 55.4 Å². The second-order valence-corrected chi connectivity index (χ2v) is 5.95. The molecule has 0 spiro atoms. The van der Waals surface area contributed by atoms with E-state index in [0.717, 1.165) is 0 Å². The quantitative estimate of drug-likeness (QED) is 0.614. The first-order valence-corrected chi connectivity index (χ1v) is 7.90. The molecule has 2 aromatic carbocycles. The molecule has 1 amide bonds. The molecule has 8 heteroatoms. The normalized spacial score (nSPS) is 11.7. The average molecular weight is 388 g/mol. The number of benzene rings is 2. The molecule has 0 saturated heterocycles. The van der Waals surface area contributed by atoms with E-state index in [-0.39, 0.29) is 10.6 Å². The Labute approximate surface area is 152 Å². The van der Waals surface area contributed by atoms with E-state index in [1.807, 2.05) is 0 Å². The highest BCUT2D eigenvalue weighted by atomic mass is 35.5. The van der Waals surface area contributed by atoms with Crippen LogP contribution < -0.4 is 5.32 Å². The monoisotopic (exact) mass is 387 g/mol. The minimum absolute atomic E-state index is 0.311. The Kier molecular flexibility index (Phi) is 6.33. The van der Waals surface area contributed by atoms with Crippen LogP contribution in [-0.4, -0.2) is 18.5 Å². The molecule has 0 unspecified atom stereocenters. The minimum atomic E-state index is -1.24. The number of amides is 1. The number of hydrogen-bond donors (Lipinski definition) is 1. The van der Waals surface area contributed by atoms with Gasteiger partial charge in [-0.05, 0) is 30.7 Å². The molecule has 0 saturated carbocycles. The zero-order valence-corrected chi connectivity index (χ0v) is 14.5. The van der Waals surface area contributed by atoms with Crippen LogP contribution in [0, 0.1) is 11.6 Å². The van der Waals surface area contributed by atoms with Crippen molar-refractivity contribution < 1.29 is 23.1 Å². The number of esters is 1. The van der Waals surface area contributed by atoms with E-state index in [0.29, 0.717) is 22.7 Å². The second kappa shape index (κ2) is 8.27. The van der Waals surface area contributed by atoms with E-state index in [2.05, 4.69) is 5.32 Å². The van der Waals surface area contributed by atoms with E-state index in [9.17, 15) is 18.4 Å². The first-order chi connectivity index (χ1) is 11.8. The first kappa shape index (κ1) is 19.1. The van der Waals surface area contributed by atoms with Crippen molar-refractivity contribution in [2.45, 2.75) is 13.0 Å². The fourth-order valence-electron chi connectivity index (χ4n) is 2.08. The van der Waals surface area contributed by atoms with Gasteiger partial charge in [-0.2, -0.15) is 0 Å². The standard InChI is InChI=1S/C17H13Cl2F2NO3/c1-9(10-4-2-3-5-12(10)18)22-16(23)8-25-17(24)11-6-14(20)15(21)7-13(11)19/h2-7,9H,8H2,1H3,(H,22,23)/t9-/m1/s1. The van der Waals surface area contributed by atoms with Gasteiger partial charge in [0.1, 0.15) is 0 Å². The largest absolute Gasteiger partial charge is 0.452 e. The summed E-state index contributed by atoms with van der Waals surface area (Å²) in [5.41, 5.74) is 0.333. The fourth-order valence-corrected chi connectivity index (χ4v) is 2.60. The Bertz CT molecular complexity index is 814. The third-order valence-electron chi connectivity index (χ3n) is 3.31. The Morgan fingerprint density at radius 3 is 2.44 bits per heavy atom. The van der Waals surface area contributed by atoms with Crippen LogP contribution in [0.4, 0.5) is 8.78 Å². The molecule has 2 aromatic rings. The van der Waals surface area contributed by atoms with Crippen molar-refractivity contribution in [2.75, 3.05) is 6.61 Å². The van der Waals surface area contributed by atoms with Gasteiger partial charge in [-0.3, -0.25) is 4.79 Å². The van der Waals surface area contributed by atoms with Gasteiger partial charge in [0.25, 0.3) is 5.91 Å². The van der Waals surface area contributed by atoms with Crippen LogP contribution in [0.2, 0.25) is 10.0 Å². The highest BCUT2D eigenvalue weighted by Gasteiger charge is 2.18. The van der Waals surface area contributed by atoms with Crippen LogP contribution in [0.15, 0.2) is 36.4 Å². The van der Waals surface area contributed by atoms with Gasteiger partial charge in [0.05, 0.1) is 16.6 Å². The Morgan fingerprint density at radius 2 is 1.76 bits per heavy atom. The van der Waals surface area contributed by atoms with Gasteiger partial charge < -0.3 is 10.1 Å². The van der Waals surface area contributed by atoms with Crippen LogP contribution in [0.25, 0.3) is 0 Å². The fraction of sp³-hybridized carbons (Fsp3) is 0.176. The molecule has 0 aliphatic heterocycles. The lowest BCUT2D eigenvalue weighted by molar-refractivity contribution is -0.124. The van der Waals surface area contributed by atoms with Crippen LogP contribution in [-0.2, 0) is 9.53 Å². The number of nitrogens with one attached hydrogen (secondary N) is 1. The maximum atomic E-state index is 13.2. The van der Waals surface area contributed by atoms with Crippen LogP contribution in [0.3, 0.4) is 0 Å². The Morgan fingerprint density at radius 1 is 1.12 bits per heavy atom. The molecule has 25 heavy (non-hydrogen) atoms. The van der Waals surface area contributed by atoms with E-state index >= 15 is 0 Å². The summed E-state index contributed by atoms with van der Waals surface area (Å²) in [7, 11) is 0. The van der Waals surface area contributed by atoms with Gasteiger partial charge in [-0.15, -0.1) is 0 Å². The highest BCUT2D eigenvalue weighted by molar-refractivity contribution is 6.33. The van der Waals surface area contributed by atoms with Crippen molar-refractivity contribution >= 4 is 35.1 Å². The highest BCUT2D eigenvalue weighted by Crippen LogP contribution is 2.22. The number of carbonyl (C=O) groups excluding carboxylic acids is 2. The zero-order valence-electron chi connectivity index (χ0n) is 13.0. The Hall–Kier alpha value is -2.18. The van der Waals surface area contributed by atoms with Crippen molar-refractivity contribution in [1.29, 1.82) is 0 Å². The first-order valence-electron chi connectivity index (χ1n) is 7.15. The average Bonchev–Trinajstić information content (AvgIpc) is 2.56. The van der Waals surface area contributed by atoms with Gasteiger partial charge in [0, 0.05) is 5.02 Å². The van der Waals surface area contributed by atoms with Gasteiger partial charge >= 0.3 is 5.97 Å². The molecule has 0 fully saturated rings. The second-order valence-electron chi connectivity index (χ2n) is 5.13. The van der Waals surface area contributed by atoms with Crippen molar-refractivity contribution in [3.05, 3.63) is 69.2 Å². The predicted octanol–water partition coefficient (Wildman–Crippen LogP) is 4.31. The summed E-state index contributed by atoms with van der Waals surface area (Å²) in [5, 5.41) is 2.79. The van der Waals surface area contributed by atoms with Crippen molar-refractivity contribution in [3.8, 4) is 0 Å². The summed E-state index contributed by atoms with van der Waals surface area (Å²) < 4.78 is 30.9. The lowest BCUT2D eigenvalue weighted by atomic mass is 10.1. The molecule has 0 bridgehead atoms. The summed E-state index contributed by atoms with van der Waals surface area (Å²) in [6.45, 7) is 1.11. The van der Waals surface area contributed by atoms with E-state index in [1.54, 1.807) is 31.2 Å². The van der Waals surface area contributed by atoms with Crippen molar-refractivity contribution in [1.82, 2.24) is 5.32 Å². The maximum absolute atomic E-state index is 13.2. The smallest absolute Gasteiger partial charge is 0.340 e. The summed E-state index contributed by atoms with van der Waals surface area (Å²) in [5.74, 6) is -4.05. The molecular weight excluding hydrogens is 375 g/mol. The molecule has 1 N–H and O–H groups in total. The molecule has 0 heterocycles. The SMILES string of the molecule is C[C@@H](NC(=O)COC(=O)c1cc(F)c(F)cc1Cl)c1ccccc1Cl. The lowest BCUT2D eigenvalue weighted by Crippen LogP contribution is -2.31. The lowest BCUT2D eigenvalue weighted by Gasteiger charge is -2.15. The molecule has 0 radical (unpaired) electrons. The third kappa shape index (κ3) is 4.90. The molecule has 0 aromatic heterocycles. The zero-order chi connectivity index (χ0) is 18.6. The number of rotatable bonds is 5. The van der Waals surface area contributed by atoms with E-state index in [1.165, 1.54) is 0 Å². The molecule has 1 atom stereocenters. The summed E-state index contributed by atoms with van der Waals surface area (Å²) in [6.07, 6.45) is 0. The van der Waals surface area contributed by atoms with Crippen molar-refractivity contribution in [2.24, 2.45) is 0 Å². The molecule has 4 nitrogen and oxygen atoms in total. The minimum Gasteiger partial charge on any atom is -0.452 e. The third-order valence-corrected chi connectivity index (χ3v) is 3.97. The van der Waals surface area contributed by atoms with Crippen molar-refractivity contribution in [3.63, 3.8) is 0 Å². The number of halogens is 4. The summed E-state index contributed by atoms with van der Waals surface area (Å²) in [4.78, 5) is 23.7. The Balaban J connectivity index is 1.95. The summed E-state index contributed by atoms with van der Waals surface area (Å²) >= 11 is 11.7. The van der Waals surface area contributed by atoms with Crippen LogP contribution >= 0.6 is 23.2 Å². The maximum Gasteiger partial charge on any atom is 0.340 e. The van der Waals surface area contributed by atoms with Gasteiger partial charge in [0.2, 0.25) is 0 Å². The number of carbonyl (C=O) groups is 2. The van der Waals surface area contributed by atoms with Crippen LogP contribution in [0.5, 0.6) is 0 Å².